The lowest BCUT2D eigenvalue weighted by Gasteiger charge is -2.21. The van der Waals surface area contributed by atoms with E-state index in [4.69, 9.17) is 9.84 Å². The van der Waals surface area contributed by atoms with E-state index in [2.05, 4.69) is 5.32 Å². The van der Waals surface area contributed by atoms with E-state index in [-0.39, 0.29) is 24.4 Å². The first-order chi connectivity index (χ1) is 14.4. The van der Waals surface area contributed by atoms with Crippen molar-refractivity contribution in [3.8, 4) is 0 Å². The SMILES string of the molecule is Cn1c(=O)n(C2CCC(=O)NC2=O)c2cccc(CCCOCCCCC(=O)O)c21. The molecule has 1 aromatic carbocycles. The Morgan fingerprint density at radius 3 is 2.70 bits per heavy atom. The molecule has 0 saturated carbocycles. The van der Waals surface area contributed by atoms with Crippen LogP contribution < -0.4 is 11.0 Å². The van der Waals surface area contributed by atoms with Crippen molar-refractivity contribution in [3.63, 3.8) is 0 Å². The van der Waals surface area contributed by atoms with Gasteiger partial charge in [-0.2, -0.15) is 0 Å². The van der Waals surface area contributed by atoms with E-state index in [1.165, 1.54) is 4.57 Å². The number of benzene rings is 1. The Morgan fingerprint density at radius 1 is 1.20 bits per heavy atom. The molecule has 0 radical (unpaired) electrons. The highest BCUT2D eigenvalue weighted by molar-refractivity contribution is 6.00. The molecule has 1 fully saturated rings. The summed E-state index contributed by atoms with van der Waals surface area (Å²) in [5.41, 5.74) is 2.19. The number of carboxylic acid groups (broad SMARTS) is 1. The number of aromatic nitrogens is 2. The minimum absolute atomic E-state index is 0.156. The van der Waals surface area contributed by atoms with Gasteiger partial charge in [0.05, 0.1) is 11.0 Å². The molecule has 1 saturated heterocycles. The highest BCUT2D eigenvalue weighted by Gasteiger charge is 2.31. The maximum absolute atomic E-state index is 12.9. The first kappa shape index (κ1) is 21.8. The van der Waals surface area contributed by atoms with Gasteiger partial charge in [-0.25, -0.2) is 4.79 Å². The number of carboxylic acids is 1. The molecule has 1 aliphatic rings. The number of hydrogen-bond donors (Lipinski definition) is 2. The Labute approximate surface area is 173 Å². The van der Waals surface area contributed by atoms with E-state index in [1.54, 1.807) is 11.6 Å². The Balaban J connectivity index is 1.67. The fraction of sp³-hybridized carbons (Fsp3) is 0.524. The number of unbranched alkanes of at least 4 members (excludes halogenated alkanes) is 1. The van der Waals surface area contributed by atoms with E-state index < -0.39 is 17.9 Å². The lowest BCUT2D eigenvalue weighted by atomic mass is 10.0. The third-order valence-corrected chi connectivity index (χ3v) is 5.37. The average molecular weight is 417 g/mol. The van der Waals surface area contributed by atoms with Crippen molar-refractivity contribution in [1.82, 2.24) is 14.5 Å². The number of piperidine rings is 1. The van der Waals surface area contributed by atoms with Crippen LogP contribution in [0.5, 0.6) is 0 Å². The zero-order valence-corrected chi connectivity index (χ0v) is 17.1. The first-order valence-electron chi connectivity index (χ1n) is 10.2. The van der Waals surface area contributed by atoms with Gasteiger partial charge in [0.2, 0.25) is 11.8 Å². The predicted molar refractivity (Wildman–Crippen MR) is 109 cm³/mol. The van der Waals surface area contributed by atoms with Gasteiger partial charge in [0.1, 0.15) is 6.04 Å². The number of nitrogens with one attached hydrogen (secondary N) is 1. The number of nitrogens with zero attached hydrogens (tertiary/aromatic N) is 2. The summed E-state index contributed by atoms with van der Waals surface area (Å²) in [5.74, 6) is -1.55. The van der Waals surface area contributed by atoms with Crippen molar-refractivity contribution in [2.24, 2.45) is 7.05 Å². The Morgan fingerprint density at radius 2 is 1.97 bits per heavy atom. The van der Waals surface area contributed by atoms with E-state index in [0.717, 1.165) is 17.5 Å². The molecular formula is C21H27N3O6. The summed E-state index contributed by atoms with van der Waals surface area (Å²) in [6, 6.07) is 4.96. The van der Waals surface area contributed by atoms with Gasteiger partial charge in [0, 0.05) is 33.1 Å². The molecular weight excluding hydrogens is 390 g/mol. The molecule has 0 aliphatic carbocycles. The van der Waals surface area contributed by atoms with Crippen molar-refractivity contribution in [3.05, 3.63) is 34.2 Å². The van der Waals surface area contributed by atoms with Crippen LogP contribution >= 0.6 is 0 Å². The number of fused-ring (bicyclic) bond motifs is 1. The maximum Gasteiger partial charge on any atom is 0.329 e. The van der Waals surface area contributed by atoms with Gasteiger partial charge >= 0.3 is 11.7 Å². The smallest absolute Gasteiger partial charge is 0.329 e. The molecule has 0 bridgehead atoms. The molecule has 30 heavy (non-hydrogen) atoms. The molecule has 1 atom stereocenters. The van der Waals surface area contributed by atoms with Crippen LogP contribution in [0.15, 0.2) is 23.0 Å². The van der Waals surface area contributed by atoms with Crippen molar-refractivity contribution in [2.45, 2.75) is 51.0 Å². The van der Waals surface area contributed by atoms with Crippen LogP contribution in [-0.2, 0) is 32.6 Å². The van der Waals surface area contributed by atoms with Gasteiger partial charge in [0.25, 0.3) is 0 Å². The molecule has 2 N–H and O–H groups in total. The molecule has 3 rings (SSSR count). The summed E-state index contributed by atoms with van der Waals surface area (Å²) < 4.78 is 8.62. The lowest BCUT2D eigenvalue weighted by molar-refractivity contribution is -0.137. The van der Waals surface area contributed by atoms with Crippen molar-refractivity contribution >= 4 is 28.8 Å². The fourth-order valence-electron chi connectivity index (χ4n) is 3.90. The van der Waals surface area contributed by atoms with Crippen LogP contribution in [0.1, 0.15) is 50.1 Å². The molecule has 2 heterocycles. The standard InChI is InChI=1S/C21H27N3O6/c1-23-19-14(7-5-13-30-12-3-2-9-18(26)27)6-4-8-15(19)24(21(23)29)16-10-11-17(25)22-20(16)28/h4,6,8,16H,2-3,5,7,9-13H2,1H3,(H,26,27)(H,22,25,28). The summed E-state index contributed by atoms with van der Waals surface area (Å²) in [5, 5.41) is 10.9. The number of carbonyl (C=O) groups is 3. The van der Waals surface area contributed by atoms with Crippen molar-refractivity contribution in [2.75, 3.05) is 13.2 Å². The molecule has 1 unspecified atom stereocenters. The van der Waals surface area contributed by atoms with Gasteiger partial charge in [-0.3, -0.25) is 28.8 Å². The summed E-state index contributed by atoms with van der Waals surface area (Å²) in [4.78, 5) is 47.1. The molecule has 1 aromatic heterocycles. The Hall–Kier alpha value is -2.94. The maximum atomic E-state index is 12.9. The van der Waals surface area contributed by atoms with Crippen molar-refractivity contribution in [1.29, 1.82) is 0 Å². The molecule has 9 nitrogen and oxygen atoms in total. The third kappa shape index (κ3) is 4.79. The number of carbonyl (C=O) groups excluding carboxylic acids is 2. The second-order valence-corrected chi connectivity index (χ2v) is 7.53. The van der Waals surface area contributed by atoms with Gasteiger partial charge in [-0.05, 0) is 43.7 Å². The van der Waals surface area contributed by atoms with Crippen LogP contribution in [0.3, 0.4) is 0 Å². The number of para-hydroxylation sites is 1. The minimum Gasteiger partial charge on any atom is -0.481 e. The molecule has 2 amide bonds. The van der Waals surface area contributed by atoms with Crippen molar-refractivity contribution < 1.29 is 24.2 Å². The van der Waals surface area contributed by atoms with Gasteiger partial charge in [-0.1, -0.05) is 12.1 Å². The van der Waals surface area contributed by atoms with E-state index in [1.807, 2.05) is 18.2 Å². The van der Waals surface area contributed by atoms with Crippen LogP contribution in [0.2, 0.25) is 0 Å². The molecule has 9 heteroatoms. The second kappa shape index (κ2) is 9.71. The highest BCUT2D eigenvalue weighted by atomic mass is 16.5. The third-order valence-electron chi connectivity index (χ3n) is 5.37. The number of hydrogen-bond acceptors (Lipinski definition) is 5. The van der Waals surface area contributed by atoms with Crippen LogP contribution in [0, 0.1) is 0 Å². The number of ether oxygens (including phenoxy) is 1. The summed E-state index contributed by atoms with van der Waals surface area (Å²) in [6.07, 6.45) is 3.46. The normalized spacial score (nSPS) is 16.8. The summed E-state index contributed by atoms with van der Waals surface area (Å²) >= 11 is 0. The van der Waals surface area contributed by atoms with Gasteiger partial charge < -0.3 is 9.84 Å². The molecule has 1 aliphatic heterocycles. The molecule has 162 valence electrons. The number of aryl methyl sites for hydroxylation is 2. The molecule has 0 spiro atoms. The second-order valence-electron chi connectivity index (χ2n) is 7.53. The minimum atomic E-state index is -0.794. The van der Waals surface area contributed by atoms with Gasteiger partial charge in [0.15, 0.2) is 0 Å². The lowest BCUT2D eigenvalue weighted by Crippen LogP contribution is -2.44. The number of rotatable bonds is 10. The summed E-state index contributed by atoms with van der Waals surface area (Å²) in [7, 11) is 1.69. The summed E-state index contributed by atoms with van der Waals surface area (Å²) in [6.45, 7) is 1.08. The average Bonchev–Trinajstić information content (AvgIpc) is 2.95. The largest absolute Gasteiger partial charge is 0.481 e. The monoisotopic (exact) mass is 417 g/mol. The zero-order chi connectivity index (χ0) is 21.7. The van der Waals surface area contributed by atoms with Crippen LogP contribution in [0.25, 0.3) is 11.0 Å². The van der Waals surface area contributed by atoms with Crippen LogP contribution in [-0.4, -0.2) is 45.2 Å². The highest BCUT2D eigenvalue weighted by Crippen LogP contribution is 2.25. The van der Waals surface area contributed by atoms with E-state index >= 15 is 0 Å². The van der Waals surface area contributed by atoms with E-state index in [0.29, 0.717) is 44.4 Å². The number of amides is 2. The fourth-order valence-corrected chi connectivity index (χ4v) is 3.90. The quantitative estimate of drug-likeness (QED) is 0.447. The first-order valence-corrected chi connectivity index (χ1v) is 10.2. The van der Waals surface area contributed by atoms with Crippen LogP contribution in [0.4, 0.5) is 0 Å². The number of aliphatic carboxylic acids is 1. The number of imide groups is 1. The predicted octanol–water partition coefficient (Wildman–Crippen LogP) is 1.52. The zero-order valence-electron chi connectivity index (χ0n) is 17.1. The Bertz CT molecular complexity index is 1010. The van der Waals surface area contributed by atoms with E-state index in [9.17, 15) is 19.2 Å². The molecule has 2 aromatic rings. The number of imidazole rings is 1. The topological polar surface area (TPSA) is 120 Å². The Kier molecular flexibility index (Phi) is 7.04. The van der Waals surface area contributed by atoms with Gasteiger partial charge in [-0.15, -0.1) is 0 Å².